The van der Waals surface area contributed by atoms with Crippen molar-refractivity contribution in [1.29, 1.82) is 0 Å². The summed E-state index contributed by atoms with van der Waals surface area (Å²) in [6.07, 6.45) is -1.44. The van der Waals surface area contributed by atoms with Gasteiger partial charge in [0.2, 0.25) is 0 Å². The molecule has 1 aromatic heterocycles. The fourth-order valence-corrected chi connectivity index (χ4v) is 4.64. The number of hydrogen-bond donors (Lipinski definition) is 0. The molecule has 4 rings (SSSR count). The maximum atomic E-state index is 13.6. The summed E-state index contributed by atoms with van der Waals surface area (Å²) in [6, 6.07) is 12.7. The number of rotatable bonds is 6. The minimum absolute atomic E-state index is 0.147. The molecule has 7 heteroatoms. The monoisotopic (exact) mass is 445 g/mol. The Balaban J connectivity index is 1.66. The number of aromatic nitrogens is 2. The van der Waals surface area contributed by atoms with Gasteiger partial charge in [0.05, 0.1) is 35.6 Å². The number of aryl methyl sites for hydroxylation is 1. The molecule has 0 saturated carbocycles. The van der Waals surface area contributed by atoms with Gasteiger partial charge in [-0.15, -0.1) is 0 Å². The summed E-state index contributed by atoms with van der Waals surface area (Å²) in [6.45, 7) is 6.65. The largest absolute Gasteiger partial charge is 0.416 e. The van der Waals surface area contributed by atoms with Crippen molar-refractivity contribution in [3.05, 3.63) is 65.5 Å². The van der Waals surface area contributed by atoms with E-state index < -0.39 is 17.8 Å². The lowest BCUT2D eigenvalue weighted by Gasteiger charge is -2.41. The Hall–Kier alpha value is -2.38. The zero-order valence-corrected chi connectivity index (χ0v) is 18.8. The van der Waals surface area contributed by atoms with Crippen LogP contribution in [0.3, 0.4) is 0 Å². The van der Waals surface area contributed by atoms with Gasteiger partial charge in [-0.25, -0.2) is 4.98 Å². The van der Waals surface area contributed by atoms with Gasteiger partial charge < -0.3 is 14.2 Å². The van der Waals surface area contributed by atoms with Crippen molar-refractivity contribution >= 4 is 11.0 Å². The van der Waals surface area contributed by atoms with E-state index in [1.807, 2.05) is 32.0 Å². The van der Waals surface area contributed by atoms with Gasteiger partial charge >= 0.3 is 6.18 Å². The quantitative estimate of drug-likeness (QED) is 0.479. The van der Waals surface area contributed by atoms with E-state index in [0.29, 0.717) is 29.7 Å². The Kier molecular flexibility index (Phi) is 6.32. The molecule has 0 bridgehead atoms. The van der Waals surface area contributed by atoms with Crippen LogP contribution in [-0.4, -0.2) is 41.2 Å². The lowest BCUT2D eigenvalue weighted by molar-refractivity contribution is -0.137. The number of ether oxygens (including phenoxy) is 1. The highest BCUT2D eigenvalue weighted by Gasteiger charge is 2.37. The number of alkyl halides is 3. The van der Waals surface area contributed by atoms with Crippen LogP contribution in [0, 0.1) is 0 Å². The molecule has 0 N–H and O–H groups in total. The van der Waals surface area contributed by atoms with Crippen molar-refractivity contribution in [2.24, 2.45) is 0 Å². The van der Waals surface area contributed by atoms with Crippen LogP contribution >= 0.6 is 0 Å². The summed E-state index contributed by atoms with van der Waals surface area (Å²) < 4.78 is 48.9. The fraction of sp³-hybridized carbons (Fsp3) is 0.480. The number of hydrogen-bond acceptors (Lipinski definition) is 3. The number of fused-ring (bicyclic) bond motifs is 1. The molecule has 2 aromatic carbocycles. The zero-order chi connectivity index (χ0) is 22.9. The number of likely N-dealkylation sites (tertiary alicyclic amines) is 1. The summed E-state index contributed by atoms with van der Waals surface area (Å²) in [4.78, 5) is 6.73. The molecule has 172 valence electrons. The highest BCUT2D eigenvalue weighted by molar-refractivity contribution is 5.80. The SMILES string of the molecule is CCn1cnc2c([C@@H](C)OCC3(c4ccccc4)CCN(C)CC3)cc(C(F)(F)F)cc21. The molecule has 0 aliphatic carbocycles. The minimum Gasteiger partial charge on any atom is -0.373 e. The number of nitrogens with zero attached hydrogens (tertiary/aromatic N) is 3. The Bertz CT molecular complexity index is 1050. The third kappa shape index (κ3) is 4.41. The standard InChI is InChI=1S/C25H30F3N3O/c1-4-31-17-29-23-21(14-20(15-22(23)31)25(26,27)28)18(2)32-16-24(10-12-30(3)13-11-24)19-8-6-5-7-9-19/h5-9,14-15,17-18H,4,10-13,16H2,1-3H3/t18-/m1/s1. The summed E-state index contributed by atoms with van der Waals surface area (Å²) >= 11 is 0. The number of imidazole rings is 1. The molecule has 1 fully saturated rings. The first-order valence-electron chi connectivity index (χ1n) is 11.2. The molecule has 32 heavy (non-hydrogen) atoms. The van der Waals surface area contributed by atoms with Crippen molar-refractivity contribution in [1.82, 2.24) is 14.5 Å². The first-order chi connectivity index (χ1) is 15.2. The molecule has 1 aliphatic heterocycles. The van der Waals surface area contributed by atoms with Crippen molar-refractivity contribution in [3.63, 3.8) is 0 Å². The highest BCUT2D eigenvalue weighted by Crippen LogP contribution is 2.39. The smallest absolute Gasteiger partial charge is 0.373 e. The third-order valence-electron chi connectivity index (χ3n) is 6.80. The predicted octanol–water partition coefficient (Wildman–Crippen LogP) is 5.82. The molecule has 0 radical (unpaired) electrons. The molecule has 3 aromatic rings. The summed E-state index contributed by atoms with van der Waals surface area (Å²) in [5.74, 6) is 0. The molecular formula is C25H30F3N3O. The number of benzene rings is 2. The van der Waals surface area contributed by atoms with Crippen molar-refractivity contribution < 1.29 is 17.9 Å². The second-order valence-electron chi connectivity index (χ2n) is 8.86. The van der Waals surface area contributed by atoms with Crippen LogP contribution < -0.4 is 0 Å². The summed E-state index contributed by atoms with van der Waals surface area (Å²) in [7, 11) is 2.11. The van der Waals surface area contributed by atoms with E-state index in [9.17, 15) is 13.2 Å². The second-order valence-corrected chi connectivity index (χ2v) is 8.86. The average molecular weight is 446 g/mol. The first-order valence-corrected chi connectivity index (χ1v) is 11.2. The molecule has 2 heterocycles. The van der Waals surface area contributed by atoms with Gasteiger partial charge in [0.25, 0.3) is 0 Å². The van der Waals surface area contributed by atoms with Crippen LogP contribution in [0.5, 0.6) is 0 Å². The second kappa shape index (κ2) is 8.87. The molecule has 1 saturated heterocycles. The Morgan fingerprint density at radius 1 is 1.12 bits per heavy atom. The maximum Gasteiger partial charge on any atom is 0.416 e. The minimum atomic E-state index is -4.43. The average Bonchev–Trinajstić information content (AvgIpc) is 3.21. The van der Waals surface area contributed by atoms with Crippen LogP contribution in [0.4, 0.5) is 13.2 Å². The van der Waals surface area contributed by atoms with Crippen LogP contribution in [-0.2, 0) is 22.9 Å². The van der Waals surface area contributed by atoms with Gasteiger partial charge in [0.1, 0.15) is 0 Å². The molecule has 1 aliphatic rings. The van der Waals surface area contributed by atoms with E-state index in [-0.39, 0.29) is 5.41 Å². The zero-order valence-electron chi connectivity index (χ0n) is 18.8. The summed E-state index contributed by atoms with van der Waals surface area (Å²) in [5, 5.41) is 0. The van der Waals surface area contributed by atoms with Crippen LogP contribution in [0.1, 0.15) is 49.5 Å². The van der Waals surface area contributed by atoms with E-state index in [0.717, 1.165) is 25.9 Å². The molecule has 0 spiro atoms. The van der Waals surface area contributed by atoms with Gasteiger partial charge in [0, 0.05) is 17.5 Å². The van der Waals surface area contributed by atoms with Crippen molar-refractivity contribution in [3.8, 4) is 0 Å². The van der Waals surface area contributed by atoms with E-state index in [4.69, 9.17) is 4.74 Å². The first kappa shape index (κ1) is 22.8. The van der Waals surface area contributed by atoms with E-state index in [1.54, 1.807) is 10.9 Å². The topological polar surface area (TPSA) is 30.3 Å². The highest BCUT2D eigenvalue weighted by atomic mass is 19.4. The normalized spacial score (nSPS) is 18.2. The van der Waals surface area contributed by atoms with Crippen LogP contribution in [0.2, 0.25) is 0 Å². The fourth-order valence-electron chi connectivity index (χ4n) is 4.64. The Morgan fingerprint density at radius 2 is 1.81 bits per heavy atom. The van der Waals surface area contributed by atoms with Crippen molar-refractivity contribution in [2.75, 3.05) is 26.7 Å². The van der Waals surface area contributed by atoms with Gasteiger partial charge in [-0.2, -0.15) is 13.2 Å². The van der Waals surface area contributed by atoms with Gasteiger partial charge in [0.15, 0.2) is 0 Å². The Morgan fingerprint density at radius 3 is 2.44 bits per heavy atom. The van der Waals surface area contributed by atoms with Crippen molar-refractivity contribution in [2.45, 2.75) is 50.9 Å². The lowest BCUT2D eigenvalue weighted by atomic mass is 9.73. The Labute approximate surface area is 187 Å². The number of piperidine rings is 1. The third-order valence-corrected chi connectivity index (χ3v) is 6.80. The molecule has 0 amide bonds. The van der Waals surface area contributed by atoms with Crippen LogP contribution in [0.15, 0.2) is 48.8 Å². The van der Waals surface area contributed by atoms with Gasteiger partial charge in [-0.1, -0.05) is 30.3 Å². The maximum absolute atomic E-state index is 13.6. The predicted molar refractivity (Wildman–Crippen MR) is 120 cm³/mol. The molecular weight excluding hydrogens is 415 g/mol. The van der Waals surface area contributed by atoms with E-state index in [1.165, 1.54) is 17.7 Å². The van der Waals surface area contributed by atoms with E-state index in [2.05, 4.69) is 29.1 Å². The molecule has 0 unspecified atom stereocenters. The summed E-state index contributed by atoms with van der Waals surface area (Å²) in [5.41, 5.74) is 1.96. The molecule has 4 nitrogen and oxygen atoms in total. The van der Waals surface area contributed by atoms with E-state index >= 15 is 0 Å². The number of halogens is 3. The molecule has 1 atom stereocenters. The van der Waals surface area contributed by atoms with Gasteiger partial charge in [-0.3, -0.25) is 0 Å². The van der Waals surface area contributed by atoms with Crippen LogP contribution in [0.25, 0.3) is 11.0 Å². The lowest BCUT2D eigenvalue weighted by Crippen LogP contribution is -2.44. The van der Waals surface area contributed by atoms with Gasteiger partial charge in [-0.05, 0) is 64.5 Å².